The molecule has 0 saturated heterocycles. The molecule has 0 amide bonds. The van der Waals surface area contributed by atoms with Gasteiger partial charge in [0.05, 0.1) is 12.1 Å². The van der Waals surface area contributed by atoms with Gasteiger partial charge in [-0.05, 0) is 18.6 Å². The smallest absolute Gasteiger partial charge is 0.132 e. The molecule has 1 N–H and O–H groups in total. The molecule has 3 heterocycles. The van der Waals surface area contributed by atoms with Crippen molar-refractivity contribution in [3.8, 4) is 0 Å². The number of fused-ring (bicyclic) bond motifs is 3. The molecule has 2 aromatic rings. The molecule has 1 atom stereocenters. The Balaban J connectivity index is 2.03. The molecule has 0 radical (unpaired) electrons. The summed E-state index contributed by atoms with van der Waals surface area (Å²) in [6.07, 6.45) is 1.12. The van der Waals surface area contributed by atoms with Gasteiger partial charge in [-0.3, -0.25) is 0 Å². The Labute approximate surface area is 117 Å². The van der Waals surface area contributed by atoms with Gasteiger partial charge >= 0.3 is 0 Å². The van der Waals surface area contributed by atoms with Crippen molar-refractivity contribution in [3.63, 3.8) is 0 Å². The minimum absolute atomic E-state index is 0.154. The van der Waals surface area contributed by atoms with Crippen molar-refractivity contribution < 1.29 is 4.74 Å². The summed E-state index contributed by atoms with van der Waals surface area (Å²) in [6, 6.07) is 6.65. The monoisotopic (exact) mass is 274 g/mol. The number of rotatable bonds is 1. The number of methoxy groups -OCH3 is 1. The Hall–Kier alpha value is -0.970. The lowest BCUT2D eigenvalue weighted by atomic mass is 10.1. The molecule has 2 aliphatic heterocycles. The summed E-state index contributed by atoms with van der Waals surface area (Å²) < 4.78 is 8.25. The van der Waals surface area contributed by atoms with E-state index in [0.717, 1.165) is 26.1 Å². The van der Waals surface area contributed by atoms with E-state index in [1.54, 1.807) is 0 Å². The predicted molar refractivity (Wildman–Crippen MR) is 78.6 cm³/mol. The van der Waals surface area contributed by atoms with Crippen LogP contribution in [-0.2, 0) is 24.2 Å². The molecule has 4 rings (SSSR count). The van der Waals surface area contributed by atoms with Crippen LogP contribution in [0.5, 0.6) is 0 Å². The van der Waals surface area contributed by atoms with Crippen LogP contribution < -0.4 is 5.32 Å². The zero-order chi connectivity index (χ0) is 13.0. The van der Waals surface area contributed by atoms with Crippen molar-refractivity contribution in [3.05, 3.63) is 29.5 Å². The molecule has 1 unspecified atom stereocenters. The van der Waals surface area contributed by atoms with Gasteiger partial charge in [0.25, 0.3) is 0 Å². The Morgan fingerprint density at radius 2 is 2.32 bits per heavy atom. The highest BCUT2D eigenvalue weighted by atomic mass is 32.2. The lowest BCUT2D eigenvalue weighted by molar-refractivity contribution is 0.0708. The van der Waals surface area contributed by atoms with Crippen LogP contribution in [0.15, 0.2) is 23.1 Å². The maximum atomic E-state index is 5.75. The third-order valence-electron chi connectivity index (χ3n) is 4.31. The summed E-state index contributed by atoms with van der Waals surface area (Å²) in [5, 5.41) is 4.92. The number of nitrogens with zero attached hydrogens (tertiary/aromatic N) is 1. The molecule has 1 aromatic carbocycles. The highest BCUT2D eigenvalue weighted by molar-refractivity contribution is 8.00. The van der Waals surface area contributed by atoms with Gasteiger partial charge in [0.2, 0.25) is 0 Å². The molecule has 3 nitrogen and oxygen atoms in total. The highest BCUT2D eigenvalue weighted by Crippen LogP contribution is 2.46. The number of nitrogens with one attached hydrogen (secondary N) is 1. The second-order valence-electron chi connectivity index (χ2n) is 5.53. The zero-order valence-electron chi connectivity index (χ0n) is 11.3. The van der Waals surface area contributed by atoms with Crippen LogP contribution >= 0.6 is 11.8 Å². The largest absolute Gasteiger partial charge is 0.366 e. The summed E-state index contributed by atoms with van der Waals surface area (Å²) in [4.78, 5) is 1.20. The molecule has 0 spiro atoms. The average molecular weight is 274 g/mol. The van der Waals surface area contributed by atoms with E-state index in [9.17, 15) is 0 Å². The lowest BCUT2D eigenvalue weighted by Crippen LogP contribution is -2.33. The van der Waals surface area contributed by atoms with Gasteiger partial charge in [-0.25, -0.2) is 0 Å². The molecule has 19 heavy (non-hydrogen) atoms. The maximum absolute atomic E-state index is 5.75. The van der Waals surface area contributed by atoms with Crippen molar-refractivity contribution in [2.75, 3.05) is 13.7 Å². The first-order valence-electron chi connectivity index (χ1n) is 6.80. The fourth-order valence-corrected chi connectivity index (χ4v) is 4.52. The summed E-state index contributed by atoms with van der Waals surface area (Å²) in [5.41, 5.74) is 4.41. The van der Waals surface area contributed by atoms with Crippen LogP contribution in [0.3, 0.4) is 0 Å². The van der Waals surface area contributed by atoms with E-state index in [1.807, 2.05) is 18.9 Å². The van der Waals surface area contributed by atoms with E-state index in [-0.39, 0.29) is 4.93 Å². The first kappa shape index (κ1) is 11.8. The second kappa shape index (κ2) is 4.01. The van der Waals surface area contributed by atoms with Crippen molar-refractivity contribution in [1.29, 1.82) is 0 Å². The first-order valence-corrected chi connectivity index (χ1v) is 7.61. The number of hydrogen-bond donors (Lipinski definition) is 1. The number of benzene rings is 1. The number of aromatic nitrogens is 1. The van der Waals surface area contributed by atoms with Crippen LogP contribution in [0.4, 0.5) is 0 Å². The van der Waals surface area contributed by atoms with Crippen molar-refractivity contribution in [1.82, 2.24) is 9.88 Å². The molecule has 4 heteroatoms. The van der Waals surface area contributed by atoms with E-state index < -0.39 is 0 Å². The summed E-state index contributed by atoms with van der Waals surface area (Å²) in [6.45, 7) is 5.20. The van der Waals surface area contributed by atoms with Crippen LogP contribution in [0.1, 0.15) is 18.2 Å². The normalized spacial score (nSPS) is 25.6. The molecule has 1 aromatic heterocycles. The quantitative estimate of drug-likeness (QED) is 0.866. The Morgan fingerprint density at radius 3 is 3.16 bits per heavy atom. The summed E-state index contributed by atoms with van der Waals surface area (Å²) in [7, 11) is 1.82. The van der Waals surface area contributed by atoms with Crippen LogP contribution in [-0.4, -0.2) is 23.2 Å². The number of ether oxygens (including phenoxy) is 1. The van der Waals surface area contributed by atoms with Gasteiger partial charge in [0.1, 0.15) is 4.93 Å². The van der Waals surface area contributed by atoms with E-state index in [4.69, 9.17) is 4.74 Å². The topological polar surface area (TPSA) is 26.2 Å². The van der Waals surface area contributed by atoms with Crippen molar-refractivity contribution in [2.24, 2.45) is 0 Å². The minimum atomic E-state index is -0.154. The van der Waals surface area contributed by atoms with E-state index >= 15 is 0 Å². The number of thioether (sulfide) groups is 1. The summed E-state index contributed by atoms with van der Waals surface area (Å²) in [5.74, 6) is 0. The minimum Gasteiger partial charge on any atom is -0.366 e. The van der Waals surface area contributed by atoms with Gasteiger partial charge < -0.3 is 14.6 Å². The maximum Gasteiger partial charge on any atom is 0.132 e. The molecule has 2 aliphatic rings. The third kappa shape index (κ3) is 1.60. The van der Waals surface area contributed by atoms with Crippen molar-refractivity contribution in [2.45, 2.75) is 36.3 Å². The van der Waals surface area contributed by atoms with E-state index in [1.165, 1.54) is 27.1 Å². The molecular formula is C15H18N2OS. The Morgan fingerprint density at radius 1 is 1.42 bits per heavy atom. The third-order valence-corrected chi connectivity index (χ3v) is 5.59. The zero-order valence-corrected chi connectivity index (χ0v) is 12.1. The average Bonchev–Trinajstić information content (AvgIpc) is 2.76. The fraction of sp³-hybridized carbons (Fsp3) is 0.467. The summed E-state index contributed by atoms with van der Waals surface area (Å²) >= 11 is 1.85. The van der Waals surface area contributed by atoms with E-state index in [0.29, 0.717) is 0 Å². The van der Waals surface area contributed by atoms with Crippen LogP contribution in [0, 0.1) is 0 Å². The molecular weight excluding hydrogens is 256 g/mol. The molecule has 100 valence electrons. The fourth-order valence-electron chi connectivity index (χ4n) is 3.32. The number of para-hydroxylation sites is 1. The molecule has 0 saturated carbocycles. The van der Waals surface area contributed by atoms with Gasteiger partial charge in [0, 0.05) is 42.6 Å². The van der Waals surface area contributed by atoms with Crippen molar-refractivity contribution >= 4 is 22.7 Å². The SMILES string of the molecule is COC1(C)Cn2c3c(c4cccc(c42)S1)CNCC3. The highest BCUT2D eigenvalue weighted by Gasteiger charge is 2.35. The Bertz CT molecular complexity index is 664. The van der Waals surface area contributed by atoms with Gasteiger partial charge in [-0.15, -0.1) is 0 Å². The van der Waals surface area contributed by atoms with Crippen LogP contribution in [0.2, 0.25) is 0 Å². The standard InChI is InChI=1S/C15H18N2OS/c1-15(18-2)9-17-12-6-7-16-8-11(12)10-4-3-5-13(19-15)14(10)17/h3-5,16H,6-9H2,1-2H3. The first-order chi connectivity index (χ1) is 9.22. The molecule has 0 aliphatic carbocycles. The number of hydrogen-bond acceptors (Lipinski definition) is 3. The van der Waals surface area contributed by atoms with Gasteiger partial charge in [-0.1, -0.05) is 23.9 Å². The molecule has 0 fully saturated rings. The van der Waals surface area contributed by atoms with Crippen LogP contribution in [0.25, 0.3) is 10.9 Å². The predicted octanol–water partition coefficient (Wildman–Crippen LogP) is 2.76. The van der Waals surface area contributed by atoms with Gasteiger partial charge in [0.15, 0.2) is 0 Å². The lowest BCUT2D eigenvalue weighted by Gasteiger charge is -2.34. The Kier molecular flexibility index (Phi) is 2.50. The van der Waals surface area contributed by atoms with Gasteiger partial charge in [-0.2, -0.15) is 0 Å². The van der Waals surface area contributed by atoms with E-state index in [2.05, 4.69) is 35.0 Å². The second-order valence-corrected chi connectivity index (χ2v) is 7.04. The molecule has 0 bridgehead atoms.